The minimum atomic E-state index is -0.879. The van der Waals surface area contributed by atoms with Crippen LogP contribution in [0, 0.1) is 11.3 Å². The van der Waals surface area contributed by atoms with E-state index in [1.807, 2.05) is 17.0 Å². The smallest absolute Gasteiger partial charge is 0.227 e. The largest absolute Gasteiger partial charge is 0.352 e. The zero-order valence-electron chi connectivity index (χ0n) is 18.0. The number of anilines is 3. The van der Waals surface area contributed by atoms with Crippen LogP contribution in [0.5, 0.6) is 0 Å². The summed E-state index contributed by atoms with van der Waals surface area (Å²) >= 11 is 0. The molecule has 2 fully saturated rings. The van der Waals surface area contributed by atoms with E-state index < -0.39 is 6.17 Å². The Kier molecular flexibility index (Phi) is 6.12. The second-order valence-corrected chi connectivity index (χ2v) is 9.36. The molecule has 0 radical (unpaired) electrons. The highest BCUT2D eigenvalue weighted by atomic mass is 31.0. The van der Waals surface area contributed by atoms with Crippen LogP contribution in [0.1, 0.15) is 17.7 Å². The van der Waals surface area contributed by atoms with Gasteiger partial charge in [0.15, 0.2) is 0 Å². The Labute approximate surface area is 194 Å². The highest BCUT2D eigenvalue weighted by molar-refractivity contribution is 7.17. The number of rotatable bonds is 6. The molecule has 2 saturated heterocycles. The highest BCUT2D eigenvalue weighted by Crippen LogP contribution is 2.27. The molecule has 10 heteroatoms. The summed E-state index contributed by atoms with van der Waals surface area (Å²) < 4.78 is 13.6. The van der Waals surface area contributed by atoms with Crippen molar-refractivity contribution in [3.8, 4) is 17.3 Å². The lowest BCUT2D eigenvalue weighted by molar-refractivity contribution is 0.179. The van der Waals surface area contributed by atoms with Crippen LogP contribution in [0.4, 0.5) is 21.8 Å². The van der Waals surface area contributed by atoms with Crippen molar-refractivity contribution < 1.29 is 4.39 Å². The highest BCUT2D eigenvalue weighted by Gasteiger charge is 2.25. The second-order valence-electron chi connectivity index (χ2n) is 8.42. The van der Waals surface area contributed by atoms with Gasteiger partial charge < -0.3 is 10.2 Å². The van der Waals surface area contributed by atoms with E-state index in [2.05, 4.69) is 45.5 Å². The Balaban J connectivity index is 1.29. The number of nitriles is 1. The zero-order valence-corrected chi connectivity index (χ0v) is 19.2. The standard InChI is InChI=1S/C23H24FN8P/c24-17-4-6-32(11-17)22-15(8-25)7-16(9-28-22)21-3-5-26-23(30-21)29-18-1-2-19(27-10-18)12-31-13-20(33)14-31/h1-3,5,7,9-10,17,20H,4,6,11-14,33H2,(H,26,29,30)/t17-/m0/s1. The number of pyridine rings is 2. The Bertz CT molecular complexity index is 1180. The Morgan fingerprint density at radius 2 is 2.03 bits per heavy atom. The first kappa shape index (κ1) is 21.6. The van der Waals surface area contributed by atoms with Crippen molar-refractivity contribution in [3.05, 3.63) is 54.1 Å². The van der Waals surface area contributed by atoms with Gasteiger partial charge in [-0.25, -0.2) is 19.3 Å². The van der Waals surface area contributed by atoms with E-state index in [1.165, 1.54) is 0 Å². The molecule has 1 N–H and O–H groups in total. The average molecular weight is 462 g/mol. The predicted octanol–water partition coefficient (Wildman–Crippen LogP) is 3.16. The van der Waals surface area contributed by atoms with Gasteiger partial charge in [0.2, 0.25) is 5.95 Å². The lowest BCUT2D eigenvalue weighted by Gasteiger charge is -2.36. The lowest BCUT2D eigenvalue weighted by atomic mass is 10.1. The van der Waals surface area contributed by atoms with Crippen LogP contribution in [0.2, 0.25) is 0 Å². The molecule has 2 atom stereocenters. The van der Waals surface area contributed by atoms with Gasteiger partial charge in [-0.3, -0.25) is 9.88 Å². The molecule has 5 heterocycles. The second kappa shape index (κ2) is 9.34. The third-order valence-corrected chi connectivity index (χ3v) is 6.24. The van der Waals surface area contributed by atoms with Crippen LogP contribution in [0.15, 0.2) is 42.9 Å². The molecule has 8 nitrogen and oxygen atoms in total. The summed E-state index contributed by atoms with van der Waals surface area (Å²) in [6.07, 6.45) is 4.68. The van der Waals surface area contributed by atoms with Gasteiger partial charge in [-0.1, -0.05) is 0 Å². The van der Waals surface area contributed by atoms with Gasteiger partial charge in [-0.15, -0.1) is 9.24 Å². The minimum absolute atomic E-state index is 0.269. The van der Waals surface area contributed by atoms with Crippen LogP contribution >= 0.6 is 9.24 Å². The van der Waals surface area contributed by atoms with Gasteiger partial charge in [-0.2, -0.15) is 5.26 Å². The number of hydrogen-bond donors (Lipinski definition) is 1. The summed E-state index contributed by atoms with van der Waals surface area (Å²) in [6, 6.07) is 9.66. The Hall–Kier alpha value is -3.21. The number of halogens is 1. The van der Waals surface area contributed by atoms with Crippen molar-refractivity contribution in [2.75, 3.05) is 36.4 Å². The fourth-order valence-electron chi connectivity index (χ4n) is 4.11. The van der Waals surface area contributed by atoms with E-state index in [1.54, 1.807) is 30.7 Å². The van der Waals surface area contributed by atoms with E-state index in [-0.39, 0.29) is 6.54 Å². The molecule has 1 unspecified atom stereocenters. The van der Waals surface area contributed by atoms with Crippen molar-refractivity contribution in [2.45, 2.75) is 24.8 Å². The van der Waals surface area contributed by atoms with Crippen LogP contribution in [0.25, 0.3) is 11.3 Å². The molecule has 0 aromatic carbocycles. The monoisotopic (exact) mass is 462 g/mol. The van der Waals surface area contributed by atoms with Crippen molar-refractivity contribution in [3.63, 3.8) is 0 Å². The van der Waals surface area contributed by atoms with Crippen molar-refractivity contribution in [2.24, 2.45) is 0 Å². The number of nitrogens with zero attached hydrogens (tertiary/aromatic N) is 7. The van der Waals surface area contributed by atoms with E-state index in [0.717, 1.165) is 31.0 Å². The van der Waals surface area contributed by atoms with Gasteiger partial charge in [0.1, 0.15) is 18.1 Å². The first-order valence-corrected chi connectivity index (χ1v) is 11.6. The maximum atomic E-state index is 13.6. The van der Waals surface area contributed by atoms with Crippen LogP contribution in [-0.2, 0) is 6.54 Å². The zero-order chi connectivity index (χ0) is 22.8. The van der Waals surface area contributed by atoms with E-state index in [9.17, 15) is 9.65 Å². The number of nitrogens with one attached hydrogen (secondary N) is 1. The maximum absolute atomic E-state index is 13.6. The summed E-state index contributed by atoms with van der Waals surface area (Å²) in [4.78, 5) is 22.0. The first-order valence-electron chi connectivity index (χ1n) is 10.9. The quantitative estimate of drug-likeness (QED) is 0.559. The summed E-state index contributed by atoms with van der Waals surface area (Å²) in [5, 5.41) is 12.8. The summed E-state index contributed by atoms with van der Waals surface area (Å²) in [7, 11) is 2.85. The maximum Gasteiger partial charge on any atom is 0.227 e. The molecule has 33 heavy (non-hydrogen) atoms. The van der Waals surface area contributed by atoms with Gasteiger partial charge in [0.25, 0.3) is 0 Å². The Morgan fingerprint density at radius 1 is 1.15 bits per heavy atom. The number of alkyl halides is 1. The van der Waals surface area contributed by atoms with Gasteiger partial charge >= 0.3 is 0 Å². The van der Waals surface area contributed by atoms with Gasteiger partial charge in [0.05, 0.1) is 35.4 Å². The fourth-order valence-corrected chi connectivity index (χ4v) is 4.71. The van der Waals surface area contributed by atoms with Crippen LogP contribution in [0.3, 0.4) is 0 Å². The van der Waals surface area contributed by atoms with Gasteiger partial charge in [0, 0.05) is 44.1 Å². The summed E-state index contributed by atoms with van der Waals surface area (Å²) in [6.45, 7) is 3.86. The molecule has 2 aliphatic heterocycles. The minimum Gasteiger partial charge on any atom is -0.352 e. The van der Waals surface area contributed by atoms with E-state index in [4.69, 9.17) is 0 Å². The molecule has 3 aromatic rings. The van der Waals surface area contributed by atoms with Crippen molar-refractivity contribution >= 4 is 26.7 Å². The first-order chi connectivity index (χ1) is 16.1. The average Bonchev–Trinajstić information content (AvgIpc) is 3.25. The van der Waals surface area contributed by atoms with Crippen LogP contribution < -0.4 is 10.2 Å². The molecule has 0 amide bonds. The summed E-state index contributed by atoms with van der Waals surface area (Å²) in [5.41, 5.74) is 4.26. The SMILES string of the molecule is N#Cc1cc(-c2ccnc(Nc3ccc(CN4CC(P)C4)nc3)n2)cnc1N1CC[C@H](F)C1. The molecule has 3 aromatic heterocycles. The molecule has 0 aliphatic carbocycles. The molecular weight excluding hydrogens is 438 g/mol. The fraction of sp³-hybridized carbons (Fsp3) is 0.348. The number of aromatic nitrogens is 4. The summed E-state index contributed by atoms with van der Waals surface area (Å²) in [5.74, 6) is 0.949. The van der Waals surface area contributed by atoms with Crippen LogP contribution in [-0.4, -0.2) is 62.8 Å². The van der Waals surface area contributed by atoms with E-state index in [0.29, 0.717) is 47.2 Å². The normalized spacial score (nSPS) is 18.7. The third-order valence-electron chi connectivity index (χ3n) is 5.82. The lowest BCUT2D eigenvalue weighted by Crippen LogP contribution is -2.46. The van der Waals surface area contributed by atoms with Crippen molar-refractivity contribution in [1.29, 1.82) is 5.26 Å². The molecule has 0 bridgehead atoms. The number of hydrogen-bond acceptors (Lipinski definition) is 8. The van der Waals surface area contributed by atoms with E-state index >= 15 is 0 Å². The molecule has 0 spiro atoms. The molecule has 0 saturated carbocycles. The van der Waals surface area contributed by atoms with Crippen molar-refractivity contribution in [1.82, 2.24) is 24.8 Å². The molecule has 2 aliphatic rings. The topological polar surface area (TPSA) is 93.9 Å². The van der Waals surface area contributed by atoms with Gasteiger partial charge in [-0.05, 0) is 36.3 Å². The third kappa shape index (κ3) is 4.92. The molecule has 168 valence electrons. The number of likely N-dealkylation sites (tertiary alicyclic amines) is 1. The molecule has 5 rings (SSSR count). The Morgan fingerprint density at radius 3 is 2.73 bits per heavy atom. The molecular formula is C23H24FN8P. The predicted molar refractivity (Wildman–Crippen MR) is 128 cm³/mol.